The lowest BCUT2D eigenvalue weighted by Crippen LogP contribution is -2.54. The van der Waals surface area contributed by atoms with Gasteiger partial charge in [-0.25, -0.2) is 13.4 Å². The summed E-state index contributed by atoms with van der Waals surface area (Å²) in [6.07, 6.45) is 4.79. The molecular weight excluding hydrogens is 820 g/mol. The lowest BCUT2D eigenvalue weighted by atomic mass is 9.86. The van der Waals surface area contributed by atoms with E-state index < -0.39 is 44.8 Å². The number of sulfone groups is 1. The number of ether oxygens (including phenoxy) is 1. The van der Waals surface area contributed by atoms with Gasteiger partial charge < -0.3 is 25.2 Å². The number of benzene rings is 3. The number of carbonyl (C=O) groups excluding carboxylic acids is 4. The summed E-state index contributed by atoms with van der Waals surface area (Å²) in [6, 6.07) is 15.1. The highest BCUT2D eigenvalue weighted by molar-refractivity contribution is 7.92. The molecule has 4 aliphatic heterocycles. The van der Waals surface area contributed by atoms with E-state index in [-0.39, 0.29) is 40.1 Å². The third kappa shape index (κ3) is 8.40. The highest BCUT2D eigenvalue weighted by Gasteiger charge is 2.45. The second kappa shape index (κ2) is 17.1. The third-order valence-corrected chi connectivity index (χ3v) is 14.8. The Hall–Kier alpha value is -5.58. The maximum atomic E-state index is 13.3. The number of aryl methyl sites for hydroxylation is 1. The van der Waals surface area contributed by atoms with Crippen LogP contribution in [0.2, 0.25) is 5.02 Å². The molecule has 3 aromatic carbocycles. The first-order chi connectivity index (χ1) is 29.2. The standard InChI is InChI=1S/C44H49ClN8O7S/c1-25(2)61(58,59)38-8-6-5-7-34(38)47-40-33(45)22-46-44(50-40)48-35-19-26(3)31(21-37(35)60-4)28-14-17-51(18-15-28)16-13-27-23-52(24-27)29-9-10-30-32(20-29)43(57)53(42(30)56)36-11-12-39(54)49-41(36)55/h5-10,19-22,25,27-28,36H,11-18,23-24H2,1-4H3,(H,49,54,55)(H2,46,47,48,50). The van der Waals surface area contributed by atoms with E-state index in [1.54, 1.807) is 57.4 Å². The van der Waals surface area contributed by atoms with E-state index in [1.807, 2.05) is 12.1 Å². The molecule has 0 radical (unpaired) electrons. The Labute approximate surface area is 360 Å². The summed E-state index contributed by atoms with van der Waals surface area (Å²) < 4.78 is 31.9. The van der Waals surface area contributed by atoms with E-state index in [1.165, 1.54) is 11.8 Å². The fourth-order valence-electron chi connectivity index (χ4n) is 8.70. The van der Waals surface area contributed by atoms with E-state index in [9.17, 15) is 27.6 Å². The van der Waals surface area contributed by atoms with Crippen LogP contribution in [0.4, 0.5) is 28.8 Å². The van der Waals surface area contributed by atoms with Crippen molar-refractivity contribution in [2.75, 3.05) is 55.4 Å². The van der Waals surface area contributed by atoms with Crippen LogP contribution >= 0.6 is 11.6 Å². The zero-order valence-corrected chi connectivity index (χ0v) is 36.1. The number of halogens is 1. The van der Waals surface area contributed by atoms with Gasteiger partial charge in [-0.3, -0.25) is 29.4 Å². The molecule has 3 fully saturated rings. The van der Waals surface area contributed by atoms with Gasteiger partial charge in [0.2, 0.25) is 17.8 Å². The molecule has 1 atom stereocenters. The maximum Gasteiger partial charge on any atom is 0.262 e. The van der Waals surface area contributed by atoms with Crippen molar-refractivity contribution in [3.63, 3.8) is 0 Å². The molecule has 4 amide bonds. The Morgan fingerprint density at radius 1 is 0.934 bits per heavy atom. The Bertz CT molecular complexity index is 2520. The monoisotopic (exact) mass is 868 g/mol. The van der Waals surface area contributed by atoms with Crippen LogP contribution in [0.1, 0.15) is 83.7 Å². The number of fused-ring (bicyclic) bond motifs is 1. The van der Waals surface area contributed by atoms with Crippen molar-refractivity contribution < 1.29 is 32.3 Å². The number of hydrogen-bond acceptors (Lipinski definition) is 13. The van der Waals surface area contributed by atoms with Gasteiger partial charge in [0.25, 0.3) is 11.8 Å². The molecule has 0 bridgehead atoms. The Morgan fingerprint density at radius 2 is 1.67 bits per heavy atom. The second-order valence-electron chi connectivity index (χ2n) is 16.5. The van der Waals surface area contributed by atoms with Gasteiger partial charge in [-0.2, -0.15) is 4.98 Å². The minimum absolute atomic E-state index is 0.0868. The number of amides is 4. The molecule has 4 aliphatic rings. The van der Waals surface area contributed by atoms with Gasteiger partial charge in [0.05, 0.1) is 46.0 Å². The molecule has 8 rings (SSSR count). The van der Waals surface area contributed by atoms with Crippen molar-refractivity contribution in [2.45, 2.75) is 75.0 Å². The quantitative estimate of drug-likeness (QED) is 0.129. The molecule has 1 unspecified atom stereocenters. The summed E-state index contributed by atoms with van der Waals surface area (Å²) in [7, 11) is -1.94. The fraction of sp³-hybridized carbons (Fsp3) is 0.409. The summed E-state index contributed by atoms with van der Waals surface area (Å²) in [5, 5.41) is 8.24. The first-order valence-electron chi connectivity index (χ1n) is 20.6. The number of likely N-dealkylation sites (tertiary alicyclic amines) is 1. The molecule has 1 aromatic heterocycles. The molecule has 0 aliphatic carbocycles. The molecule has 3 saturated heterocycles. The van der Waals surface area contributed by atoms with E-state index in [2.05, 4.69) is 48.7 Å². The number of nitrogens with one attached hydrogen (secondary N) is 3. The van der Waals surface area contributed by atoms with Gasteiger partial charge in [0.15, 0.2) is 15.7 Å². The van der Waals surface area contributed by atoms with Crippen LogP contribution in [0.25, 0.3) is 0 Å². The zero-order valence-electron chi connectivity index (χ0n) is 34.5. The highest BCUT2D eigenvalue weighted by Crippen LogP contribution is 2.39. The van der Waals surface area contributed by atoms with Crippen LogP contribution in [0.15, 0.2) is 65.7 Å². The van der Waals surface area contributed by atoms with E-state index in [0.29, 0.717) is 34.5 Å². The molecule has 0 spiro atoms. The zero-order chi connectivity index (χ0) is 43.2. The Morgan fingerprint density at radius 3 is 2.39 bits per heavy atom. The van der Waals surface area contributed by atoms with Crippen molar-refractivity contribution >= 4 is 73.9 Å². The molecular formula is C44H49ClN8O7S. The Balaban J connectivity index is 0.836. The van der Waals surface area contributed by atoms with Crippen LogP contribution in [-0.2, 0) is 19.4 Å². The molecule has 4 aromatic rings. The number of piperidine rings is 2. The third-order valence-electron chi connectivity index (χ3n) is 12.3. The highest BCUT2D eigenvalue weighted by atomic mass is 35.5. The van der Waals surface area contributed by atoms with Gasteiger partial charge in [-0.1, -0.05) is 23.7 Å². The first kappa shape index (κ1) is 42.1. The number of rotatable bonds is 13. The van der Waals surface area contributed by atoms with Crippen molar-refractivity contribution in [3.8, 4) is 5.75 Å². The van der Waals surface area contributed by atoms with Gasteiger partial charge in [0, 0.05) is 25.2 Å². The predicted octanol–water partition coefficient (Wildman–Crippen LogP) is 6.22. The minimum atomic E-state index is -3.57. The Kier molecular flexibility index (Phi) is 11.8. The molecule has 5 heterocycles. The van der Waals surface area contributed by atoms with E-state index in [4.69, 9.17) is 16.3 Å². The number of nitrogens with zero attached hydrogens (tertiary/aromatic N) is 5. The van der Waals surface area contributed by atoms with Crippen LogP contribution in [0, 0.1) is 12.8 Å². The van der Waals surface area contributed by atoms with Crippen molar-refractivity contribution in [1.29, 1.82) is 0 Å². The summed E-state index contributed by atoms with van der Waals surface area (Å²) in [6.45, 7) is 10.1. The lowest BCUT2D eigenvalue weighted by Gasteiger charge is -2.42. The number of methoxy groups -OCH3 is 1. The normalized spacial score (nSPS) is 19.0. The second-order valence-corrected chi connectivity index (χ2v) is 19.4. The topological polar surface area (TPSA) is 183 Å². The smallest absolute Gasteiger partial charge is 0.262 e. The van der Waals surface area contributed by atoms with Crippen LogP contribution < -0.4 is 25.6 Å². The van der Waals surface area contributed by atoms with Crippen LogP contribution in [0.3, 0.4) is 0 Å². The summed E-state index contributed by atoms with van der Waals surface area (Å²) in [5.74, 6) is 0.0850. The fourth-order valence-corrected chi connectivity index (χ4v) is 10.0. The number of imide groups is 2. The van der Waals surface area contributed by atoms with E-state index >= 15 is 0 Å². The minimum Gasteiger partial charge on any atom is -0.495 e. The summed E-state index contributed by atoms with van der Waals surface area (Å²) in [5.41, 5.74) is 4.91. The lowest BCUT2D eigenvalue weighted by molar-refractivity contribution is -0.136. The van der Waals surface area contributed by atoms with Gasteiger partial charge in [0.1, 0.15) is 16.8 Å². The molecule has 61 heavy (non-hydrogen) atoms. The largest absolute Gasteiger partial charge is 0.495 e. The molecule has 15 nitrogen and oxygen atoms in total. The predicted molar refractivity (Wildman–Crippen MR) is 232 cm³/mol. The average molecular weight is 869 g/mol. The van der Waals surface area contributed by atoms with Gasteiger partial charge in [-0.05, 0) is 132 Å². The number of para-hydroxylation sites is 1. The summed E-state index contributed by atoms with van der Waals surface area (Å²) in [4.78, 5) is 65.3. The SMILES string of the molecule is COc1cc(C2CCN(CCC3CN(c4ccc5c(c4)C(=O)N(C4CCC(=O)NC4=O)C5=O)C3)CC2)c(C)cc1Nc1ncc(Cl)c(Nc2ccccc2S(=O)(=O)C(C)C)n1. The molecule has 320 valence electrons. The van der Waals surface area contributed by atoms with E-state index in [0.717, 1.165) is 68.1 Å². The maximum absolute atomic E-state index is 13.3. The van der Waals surface area contributed by atoms with Gasteiger partial charge in [-0.15, -0.1) is 0 Å². The number of hydrogen-bond donors (Lipinski definition) is 3. The van der Waals surface area contributed by atoms with Crippen LogP contribution in [-0.4, -0.2) is 103 Å². The average Bonchev–Trinajstić information content (AvgIpc) is 3.46. The number of anilines is 5. The number of carbonyl (C=O) groups is 4. The molecule has 17 heteroatoms. The first-order valence-corrected chi connectivity index (χ1v) is 22.5. The van der Waals surface area contributed by atoms with Crippen molar-refractivity contribution in [3.05, 3.63) is 88.1 Å². The molecule has 0 saturated carbocycles. The van der Waals surface area contributed by atoms with Crippen molar-refractivity contribution in [2.24, 2.45) is 5.92 Å². The van der Waals surface area contributed by atoms with Crippen LogP contribution in [0.5, 0.6) is 5.75 Å². The van der Waals surface area contributed by atoms with Gasteiger partial charge >= 0.3 is 0 Å². The molecule has 3 N–H and O–H groups in total. The van der Waals surface area contributed by atoms with Crippen molar-refractivity contribution in [1.82, 2.24) is 25.1 Å². The number of aromatic nitrogens is 2. The summed E-state index contributed by atoms with van der Waals surface area (Å²) >= 11 is 6.48.